The molecule has 1 aromatic heterocycles. The molecule has 3 aromatic rings. The molecule has 3 saturated carbocycles. The summed E-state index contributed by atoms with van der Waals surface area (Å²) in [6, 6.07) is 8.37. The maximum absolute atomic E-state index is 13.7. The fourth-order valence-electron chi connectivity index (χ4n) is 5.89. The molecule has 1 amide bonds. The van der Waals surface area contributed by atoms with Crippen molar-refractivity contribution in [3.8, 4) is 0 Å². The van der Waals surface area contributed by atoms with Crippen molar-refractivity contribution in [2.24, 2.45) is 15.9 Å². The lowest BCUT2D eigenvalue weighted by Gasteiger charge is -2.70. The molecule has 8 heteroatoms. The molecule has 0 N–H and O–H groups in total. The van der Waals surface area contributed by atoms with E-state index < -0.39 is 23.1 Å². The maximum atomic E-state index is 13.7. The molecule has 32 heavy (non-hydrogen) atoms. The van der Waals surface area contributed by atoms with Gasteiger partial charge in [-0.05, 0) is 54.5 Å². The van der Waals surface area contributed by atoms with Crippen molar-refractivity contribution in [2.75, 3.05) is 0 Å². The zero-order chi connectivity index (χ0) is 22.1. The van der Waals surface area contributed by atoms with Crippen molar-refractivity contribution in [2.45, 2.75) is 38.3 Å². The van der Waals surface area contributed by atoms with Crippen molar-refractivity contribution >= 4 is 28.8 Å². The summed E-state index contributed by atoms with van der Waals surface area (Å²) in [4.78, 5) is 21.3. The molecule has 0 spiro atoms. The maximum Gasteiger partial charge on any atom is 0.249 e. The fraction of sp³-hybridized carbons (Fsp3) is 0.333. The lowest BCUT2D eigenvalue weighted by atomic mass is 9.34. The average Bonchev–Trinajstić information content (AvgIpc) is 3.35. The summed E-state index contributed by atoms with van der Waals surface area (Å²) in [5, 5.41) is 5.68. The number of amides is 1. The molecule has 2 bridgehead atoms. The first kappa shape index (κ1) is 19.1. The zero-order valence-corrected chi connectivity index (χ0v) is 17.1. The molecule has 4 aliphatic rings. The normalized spacial score (nSPS) is 27.8. The van der Waals surface area contributed by atoms with Crippen molar-refractivity contribution in [3.05, 3.63) is 71.3 Å². The van der Waals surface area contributed by atoms with Crippen LogP contribution in [0.3, 0.4) is 0 Å². The average molecular weight is 431 g/mol. The zero-order valence-electron chi connectivity index (χ0n) is 17.1. The van der Waals surface area contributed by atoms with Crippen molar-refractivity contribution in [1.29, 1.82) is 0 Å². The third-order valence-electron chi connectivity index (χ3n) is 7.14. The van der Waals surface area contributed by atoms with Gasteiger partial charge in [0.05, 0.1) is 35.4 Å². The van der Waals surface area contributed by atoms with Gasteiger partial charge in [-0.25, -0.2) is 23.6 Å². The number of fused-ring (bicyclic) bond motifs is 1. The van der Waals surface area contributed by atoms with Crippen LogP contribution < -0.4 is 0 Å². The van der Waals surface area contributed by atoms with Gasteiger partial charge in [0.25, 0.3) is 0 Å². The second-order valence-corrected chi connectivity index (χ2v) is 9.37. The number of nitrogens with zero attached hydrogens (tertiary/aromatic N) is 5. The van der Waals surface area contributed by atoms with E-state index in [4.69, 9.17) is 6.57 Å². The van der Waals surface area contributed by atoms with Gasteiger partial charge in [-0.1, -0.05) is 6.07 Å². The Morgan fingerprint density at radius 1 is 1.16 bits per heavy atom. The summed E-state index contributed by atoms with van der Waals surface area (Å²) >= 11 is 0. The number of carbonyl (C=O) groups is 1. The van der Waals surface area contributed by atoms with Gasteiger partial charge in [-0.2, -0.15) is 5.10 Å². The van der Waals surface area contributed by atoms with Gasteiger partial charge in [-0.3, -0.25) is 4.79 Å². The van der Waals surface area contributed by atoms with Gasteiger partial charge >= 0.3 is 0 Å². The Balaban J connectivity index is 1.18. The van der Waals surface area contributed by atoms with Crippen molar-refractivity contribution in [1.82, 2.24) is 14.6 Å². The molecule has 1 unspecified atom stereocenters. The van der Waals surface area contributed by atoms with Crippen LogP contribution in [0, 0.1) is 29.0 Å². The molecule has 3 fully saturated rings. The van der Waals surface area contributed by atoms with Crippen LogP contribution in [0.15, 0.2) is 47.8 Å². The molecule has 1 aliphatic heterocycles. The number of hydrogen-bond acceptors (Lipinski definition) is 3. The van der Waals surface area contributed by atoms with Gasteiger partial charge in [0.15, 0.2) is 5.69 Å². The third-order valence-corrected chi connectivity index (χ3v) is 7.14. The van der Waals surface area contributed by atoms with Crippen LogP contribution in [0.25, 0.3) is 15.9 Å². The monoisotopic (exact) mass is 431 g/mol. The Hall–Kier alpha value is -3.60. The van der Waals surface area contributed by atoms with E-state index in [2.05, 4.69) is 19.5 Å². The number of rotatable bonds is 4. The van der Waals surface area contributed by atoms with E-state index in [-0.39, 0.29) is 11.3 Å². The Kier molecular flexibility index (Phi) is 3.85. The van der Waals surface area contributed by atoms with E-state index in [1.807, 2.05) is 12.1 Å². The molecule has 2 aromatic carbocycles. The van der Waals surface area contributed by atoms with Gasteiger partial charge in [0, 0.05) is 25.2 Å². The molecule has 6 nitrogen and oxygen atoms in total. The number of hydrogen-bond donors (Lipinski definition) is 0. The van der Waals surface area contributed by atoms with Crippen LogP contribution in [0.1, 0.15) is 37.3 Å². The lowest BCUT2D eigenvalue weighted by Crippen LogP contribution is -2.68. The summed E-state index contributed by atoms with van der Waals surface area (Å²) in [7, 11) is 0. The molecule has 0 radical (unpaired) electrons. The molecular formula is C24H19F2N5O. The van der Waals surface area contributed by atoms with Crippen LogP contribution in [-0.4, -0.2) is 26.7 Å². The number of aromatic nitrogens is 2. The van der Waals surface area contributed by atoms with Crippen LogP contribution in [0.5, 0.6) is 0 Å². The molecule has 0 saturated heterocycles. The smallest absolute Gasteiger partial charge is 0.249 e. The largest absolute Gasteiger partial charge is 0.331 e. The first-order valence-corrected chi connectivity index (χ1v) is 10.5. The quantitative estimate of drug-likeness (QED) is 0.546. The highest BCUT2D eigenvalue weighted by Gasteiger charge is 2.72. The molecular weight excluding hydrogens is 412 g/mol. The SMILES string of the molecule is [C-]#[N+]c1ccc2ncn(CC34CC(C(=O)N5N=CCC5c5cc(F)cc(F)c5)(C3)C4)c2c1. The van der Waals surface area contributed by atoms with Crippen LogP contribution >= 0.6 is 0 Å². The minimum absolute atomic E-state index is 0.0430. The molecule has 160 valence electrons. The Morgan fingerprint density at radius 2 is 1.91 bits per heavy atom. The predicted octanol–water partition coefficient (Wildman–Crippen LogP) is 4.99. The number of benzene rings is 2. The molecule has 1 atom stereocenters. The van der Waals surface area contributed by atoms with Crippen molar-refractivity contribution < 1.29 is 13.6 Å². The van der Waals surface area contributed by atoms with Crippen molar-refractivity contribution in [3.63, 3.8) is 0 Å². The number of hydrazone groups is 1. The topological polar surface area (TPSA) is 54.9 Å². The third kappa shape index (κ3) is 2.70. The van der Waals surface area contributed by atoms with Gasteiger partial charge in [-0.15, -0.1) is 0 Å². The highest BCUT2D eigenvalue weighted by Crippen LogP contribution is 2.74. The van der Waals surface area contributed by atoms with E-state index >= 15 is 0 Å². The minimum Gasteiger partial charge on any atom is -0.331 e. The Labute approximate surface area is 183 Å². The van der Waals surface area contributed by atoms with Gasteiger partial charge in [0.1, 0.15) is 11.6 Å². The van der Waals surface area contributed by atoms with E-state index in [1.165, 1.54) is 17.1 Å². The van der Waals surface area contributed by atoms with E-state index in [0.29, 0.717) is 17.7 Å². The first-order valence-electron chi connectivity index (χ1n) is 10.5. The summed E-state index contributed by atoms with van der Waals surface area (Å²) in [6.45, 7) is 7.99. The standard InChI is InChI=1S/C24H19F2N5O/c1-27-18-2-3-19-21(9-18)30(14-28-19)13-23-10-24(11-23,12-23)22(32)31-20(4-5-29-31)15-6-16(25)8-17(26)7-15/h2-3,5-9,14,20H,4,10-13H2. The van der Waals surface area contributed by atoms with E-state index in [1.54, 1.807) is 18.6 Å². The van der Waals surface area contributed by atoms with Crippen LogP contribution in [0.4, 0.5) is 14.5 Å². The second kappa shape index (κ2) is 6.45. The molecule has 7 rings (SSSR count). The van der Waals surface area contributed by atoms with Crippen LogP contribution in [-0.2, 0) is 11.3 Å². The number of imidazole rings is 1. The van der Waals surface area contributed by atoms with Gasteiger partial charge in [0.2, 0.25) is 5.91 Å². The predicted molar refractivity (Wildman–Crippen MR) is 114 cm³/mol. The summed E-state index contributed by atoms with van der Waals surface area (Å²) < 4.78 is 29.5. The summed E-state index contributed by atoms with van der Waals surface area (Å²) in [6.07, 6.45) is 6.16. The molecule has 3 aliphatic carbocycles. The molecule has 2 heterocycles. The highest BCUT2D eigenvalue weighted by molar-refractivity contribution is 5.88. The van der Waals surface area contributed by atoms with Gasteiger partial charge < -0.3 is 4.57 Å². The number of carbonyl (C=O) groups excluding carboxylic acids is 1. The van der Waals surface area contributed by atoms with Crippen LogP contribution in [0.2, 0.25) is 0 Å². The summed E-state index contributed by atoms with van der Waals surface area (Å²) in [5.74, 6) is -1.37. The lowest BCUT2D eigenvalue weighted by molar-refractivity contribution is -0.222. The number of halogens is 2. The second-order valence-electron chi connectivity index (χ2n) is 9.37. The minimum atomic E-state index is -0.655. The highest BCUT2D eigenvalue weighted by atomic mass is 19.1. The van der Waals surface area contributed by atoms with E-state index in [0.717, 1.165) is 42.9 Å². The first-order chi connectivity index (χ1) is 15.4. The fourth-order valence-corrected chi connectivity index (χ4v) is 5.89. The Morgan fingerprint density at radius 3 is 2.62 bits per heavy atom. The van der Waals surface area contributed by atoms with E-state index in [9.17, 15) is 13.6 Å². The summed E-state index contributed by atoms with van der Waals surface area (Å²) in [5.41, 5.74) is 2.39. The Bertz CT molecular complexity index is 1310.